The fourth-order valence-electron chi connectivity index (χ4n) is 3.06. The number of piperidine rings is 1. The van der Waals surface area contributed by atoms with Gasteiger partial charge in [0, 0.05) is 6.54 Å². The van der Waals surface area contributed by atoms with Crippen molar-refractivity contribution in [2.45, 2.75) is 59.0 Å². The van der Waals surface area contributed by atoms with Crippen LogP contribution in [0.25, 0.3) is 0 Å². The first-order valence-electron chi connectivity index (χ1n) is 8.90. The lowest BCUT2D eigenvalue weighted by Gasteiger charge is -2.31. The predicted octanol–water partition coefficient (Wildman–Crippen LogP) is 3.76. The summed E-state index contributed by atoms with van der Waals surface area (Å²) in [7, 11) is 0. The Bertz CT molecular complexity index is 499. The molecule has 1 fully saturated rings. The van der Waals surface area contributed by atoms with Crippen LogP contribution < -0.4 is 4.74 Å². The molecule has 0 amide bonds. The monoisotopic (exact) mass is 319 g/mol. The first-order valence-corrected chi connectivity index (χ1v) is 8.90. The Labute approximate surface area is 141 Å². The Morgan fingerprint density at radius 3 is 2.48 bits per heavy atom. The molecule has 1 aromatic carbocycles. The van der Waals surface area contributed by atoms with Crippen LogP contribution >= 0.6 is 0 Å². The number of benzene rings is 1. The van der Waals surface area contributed by atoms with Crippen LogP contribution in [0, 0.1) is 12.8 Å². The minimum absolute atomic E-state index is 0.147. The van der Waals surface area contributed by atoms with E-state index in [1.54, 1.807) is 0 Å². The van der Waals surface area contributed by atoms with Gasteiger partial charge in [-0.25, -0.2) is 0 Å². The van der Waals surface area contributed by atoms with Gasteiger partial charge in [-0.15, -0.1) is 0 Å². The number of β-amino-alcohol motifs (C(OH)–C–C–N with tert-alkyl or cyclic N) is 1. The zero-order valence-electron chi connectivity index (χ0n) is 15.4. The van der Waals surface area contributed by atoms with E-state index in [-0.39, 0.29) is 5.41 Å². The topological polar surface area (TPSA) is 32.7 Å². The maximum Gasteiger partial charge on any atom is 0.122 e. The quantitative estimate of drug-likeness (QED) is 0.897. The maximum atomic E-state index is 10.2. The van der Waals surface area contributed by atoms with Crippen LogP contribution in [0.1, 0.15) is 51.7 Å². The Kier molecular flexibility index (Phi) is 6.10. The lowest BCUT2D eigenvalue weighted by atomic mass is 9.86. The molecule has 1 saturated heterocycles. The average molecular weight is 319 g/mol. The van der Waals surface area contributed by atoms with Gasteiger partial charge in [-0.3, -0.25) is 0 Å². The summed E-state index contributed by atoms with van der Waals surface area (Å²) in [5.74, 6) is 1.70. The number of aliphatic hydroxyl groups excluding tert-OH is 1. The van der Waals surface area contributed by atoms with Crippen LogP contribution in [0.15, 0.2) is 18.2 Å². The lowest BCUT2D eigenvalue weighted by Crippen LogP contribution is -2.40. The minimum atomic E-state index is -0.426. The van der Waals surface area contributed by atoms with E-state index in [0.717, 1.165) is 30.3 Å². The molecule has 130 valence electrons. The van der Waals surface area contributed by atoms with E-state index in [4.69, 9.17) is 4.74 Å². The highest BCUT2D eigenvalue weighted by atomic mass is 16.5. The van der Waals surface area contributed by atoms with E-state index in [1.807, 2.05) is 6.07 Å². The molecule has 3 nitrogen and oxygen atoms in total. The highest BCUT2D eigenvalue weighted by molar-refractivity contribution is 5.38. The summed E-state index contributed by atoms with van der Waals surface area (Å²) >= 11 is 0. The van der Waals surface area contributed by atoms with Crippen molar-refractivity contribution in [2.75, 3.05) is 26.2 Å². The Balaban J connectivity index is 1.83. The molecule has 1 N–H and O–H groups in total. The van der Waals surface area contributed by atoms with Crippen LogP contribution in [0.3, 0.4) is 0 Å². The molecular weight excluding hydrogens is 286 g/mol. The van der Waals surface area contributed by atoms with Gasteiger partial charge in [0.1, 0.15) is 18.5 Å². The zero-order chi connectivity index (χ0) is 17.0. The van der Waals surface area contributed by atoms with Crippen molar-refractivity contribution in [3.05, 3.63) is 29.3 Å². The predicted molar refractivity (Wildman–Crippen MR) is 96.2 cm³/mol. The summed E-state index contributed by atoms with van der Waals surface area (Å²) in [4.78, 5) is 2.35. The fraction of sp³-hybridized carbons (Fsp3) is 0.700. The third-order valence-corrected chi connectivity index (χ3v) is 4.82. The van der Waals surface area contributed by atoms with Crippen LogP contribution in [-0.4, -0.2) is 42.4 Å². The van der Waals surface area contributed by atoms with Gasteiger partial charge in [0.05, 0.1) is 0 Å². The van der Waals surface area contributed by atoms with Crippen molar-refractivity contribution in [3.8, 4) is 5.75 Å². The lowest BCUT2D eigenvalue weighted by molar-refractivity contribution is 0.0561. The molecule has 0 unspecified atom stereocenters. The molecule has 1 aliphatic heterocycles. The van der Waals surface area contributed by atoms with Gasteiger partial charge in [0.15, 0.2) is 0 Å². The third kappa shape index (κ3) is 5.50. The smallest absolute Gasteiger partial charge is 0.122 e. The Morgan fingerprint density at radius 1 is 1.26 bits per heavy atom. The largest absolute Gasteiger partial charge is 0.491 e. The van der Waals surface area contributed by atoms with Crippen LogP contribution in [0.2, 0.25) is 0 Å². The van der Waals surface area contributed by atoms with E-state index in [0.29, 0.717) is 13.2 Å². The first kappa shape index (κ1) is 18.3. The number of ether oxygens (including phenoxy) is 1. The molecule has 1 atom stereocenters. The zero-order valence-corrected chi connectivity index (χ0v) is 15.4. The van der Waals surface area contributed by atoms with E-state index in [2.05, 4.69) is 51.7 Å². The van der Waals surface area contributed by atoms with Crippen LogP contribution in [-0.2, 0) is 5.41 Å². The molecule has 1 aliphatic rings. The fourth-order valence-corrected chi connectivity index (χ4v) is 3.06. The van der Waals surface area contributed by atoms with Crippen LogP contribution in [0.5, 0.6) is 5.75 Å². The summed E-state index contributed by atoms with van der Waals surface area (Å²) in [5.41, 5.74) is 2.59. The molecular formula is C20H33NO2. The molecule has 0 saturated carbocycles. The number of nitrogens with zero attached hydrogens (tertiary/aromatic N) is 1. The minimum Gasteiger partial charge on any atom is -0.491 e. The molecule has 2 rings (SSSR count). The number of aryl methyl sites for hydroxylation is 1. The van der Waals surface area contributed by atoms with Gasteiger partial charge in [0.2, 0.25) is 0 Å². The standard InChI is InChI=1S/C20H33NO2/c1-15-8-10-21(11-9-15)13-18(22)14-23-19-7-6-17(12-16(19)2)20(3,4)5/h6-7,12,15,18,22H,8-11,13-14H2,1-5H3/t18-/m0/s1. The number of rotatable bonds is 5. The molecule has 23 heavy (non-hydrogen) atoms. The SMILES string of the molecule is Cc1cc(C(C)(C)C)ccc1OC[C@@H](O)CN1CCC(C)CC1. The van der Waals surface area contributed by atoms with Crippen molar-refractivity contribution in [1.29, 1.82) is 0 Å². The van der Waals surface area contributed by atoms with Gasteiger partial charge in [-0.2, -0.15) is 0 Å². The van der Waals surface area contributed by atoms with E-state index in [1.165, 1.54) is 18.4 Å². The van der Waals surface area contributed by atoms with Gasteiger partial charge in [-0.05, 0) is 61.4 Å². The maximum absolute atomic E-state index is 10.2. The second-order valence-corrected chi connectivity index (χ2v) is 8.18. The average Bonchev–Trinajstić information content (AvgIpc) is 2.47. The molecule has 0 aliphatic carbocycles. The summed E-state index contributed by atoms with van der Waals surface area (Å²) in [5, 5.41) is 10.2. The number of hydrogen-bond acceptors (Lipinski definition) is 3. The van der Waals surface area contributed by atoms with Gasteiger partial charge < -0.3 is 14.7 Å². The van der Waals surface area contributed by atoms with E-state index >= 15 is 0 Å². The second kappa shape index (κ2) is 7.67. The van der Waals surface area contributed by atoms with Crippen molar-refractivity contribution in [1.82, 2.24) is 4.90 Å². The Hall–Kier alpha value is -1.06. The van der Waals surface area contributed by atoms with Gasteiger partial charge >= 0.3 is 0 Å². The highest BCUT2D eigenvalue weighted by Crippen LogP contribution is 2.27. The molecule has 1 heterocycles. The van der Waals surface area contributed by atoms with E-state index in [9.17, 15) is 5.11 Å². The van der Waals surface area contributed by atoms with Crippen molar-refractivity contribution in [3.63, 3.8) is 0 Å². The first-order chi connectivity index (χ1) is 10.8. The molecule has 0 bridgehead atoms. The molecule has 3 heteroatoms. The van der Waals surface area contributed by atoms with Gasteiger partial charge in [-0.1, -0.05) is 39.8 Å². The molecule has 0 radical (unpaired) electrons. The summed E-state index contributed by atoms with van der Waals surface area (Å²) in [6.07, 6.45) is 2.05. The van der Waals surface area contributed by atoms with Crippen molar-refractivity contribution < 1.29 is 9.84 Å². The molecule has 0 aromatic heterocycles. The van der Waals surface area contributed by atoms with Crippen molar-refractivity contribution >= 4 is 0 Å². The van der Waals surface area contributed by atoms with Gasteiger partial charge in [0.25, 0.3) is 0 Å². The normalized spacial score (nSPS) is 18.9. The van der Waals surface area contributed by atoms with Crippen LogP contribution in [0.4, 0.5) is 0 Å². The molecule has 0 spiro atoms. The summed E-state index contributed by atoms with van der Waals surface area (Å²) < 4.78 is 5.85. The number of aliphatic hydroxyl groups is 1. The summed E-state index contributed by atoms with van der Waals surface area (Å²) in [6.45, 7) is 14.3. The number of hydrogen-bond donors (Lipinski definition) is 1. The Morgan fingerprint density at radius 2 is 1.91 bits per heavy atom. The highest BCUT2D eigenvalue weighted by Gasteiger charge is 2.19. The second-order valence-electron chi connectivity index (χ2n) is 8.18. The number of likely N-dealkylation sites (tertiary alicyclic amines) is 1. The van der Waals surface area contributed by atoms with E-state index < -0.39 is 6.10 Å². The third-order valence-electron chi connectivity index (χ3n) is 4.82. The summed E-state index contributed by atoms with van der Waals surface area (Å²) in [6, 6.07) is 6.35. The molecule has 1 aromatic rings. The van der Waals surface area contributed by atoms with Crippen molar-refractivity contribution in [2.24, 2.45) is 5.92 Å².